The van der Waals surface area contributed by atoms with Crippen molar-refractivity contribution < 1.29 is 9.59 Å². The number of hydrogen-bond acceptors (Lipinski definition) is 6. The first-order valence-corrected chi connectivity index (χ1v) is 6.22. The molecule has 2 aromatic heterocycles. The number of pyridine rings is 2. The topological polar surface area (TPSA) is 99.9 Å². The average molecular weight is 296 g/mol. The predicted molar refractivity (Wildman–Crippen MR) is 81.5 cm³/mol. The summed E-state index contributed by atoms with van der Waals surface area (Å²) in [4.78, 5) is 30.2. The minimum atomic E-state index is -0.367. The molecule has 2 rings (SSSR count). The molecule has 0 aromatic carbocycles. The number of rotatable bonds is 6. The molecule has 2 aromatic rings. The molecular formula is C14H12N6O2. The van der Waals surface area contributed by atoms with Crippen molar-refractivity contribution >= 4 is 30.4 Å². The molecule has 1 N–H and O–H groups in total. The third-order valence-corrected chi connectivity index (χ3v) is 2.47. The summed E-state index contributed by atoms with van der Waals surface area (Å²) in [7, 11) is 0. The molecule has 0 bridgehead atoms. The van der Waals surface area contributed by atoms with Crippen LogP contribution in [0, 0.1) is 0 Å². The van der Waals surface area contributed by atoms with E-state index >= 15 is 0 Å². The van der Waals surface area contributed by atoms with Gasteiger partial charge < -0.3 is 0 Å². The van der Waals surface area contributed by atoms with Gasteiger partial charge in [0.2, 0.25) is 6.41 Å². The first-order valence-electron chi connectivity index (χ1n) is 6.22. The predicted octanol–water partition coefficient (Wildman–Crippen LogP) is 0.841. The maximum atomic E-state index is 11.6. The van der Waals surface area contributed by atoms with Gasteiger partial charge in [0.1, 0.15) is 0 Å². The van der Waals surface area contributed by atoms with Crippen molar-refractivity contribution in [2.45, 2.75) is 0 Å². The Labute approximate surface area is 126 Å². The molecule has 0 atom stereocenters. The molecule has 2 heterocycles. The monoisotopic (exact) mass is 296 g/mol. The highest BCUT2D eigenvalue weighted by Gasteiger charge is 2.02. The zero-order valence-electron chi connectivity index (χ0n) is 11.4. The summed E-state index contributed by atoms with van der Waals surface area (Å²) in [6.07, 6.45) is 9.20. The summed E-state index contributed by atoms with van der Waals surface area (Å²) in [5.74, 6) is -0.367. The zero-order valence-corrected chi connectivity index (χ0v) is 11.4. The molecule has 0 aliphatic carbocycles. The van der Waals surface area contributed by atoms with Gasteiger partial charge in [0, 0.05) is 30.4 Å². The number of carbonyl (C=O) groups excluding carboxylic acids is 2. The van der Waals surface area contributed by atoms with E-state index in [-0.39, 0.29) is 5.91 Å². The summed E-state index contributed by atoms with van der Waals surface area (Å²) in [6.45, 7) is 0. The van der Waals surface area contributed by atoms with Crippen LogP contribution in [-0.2, 0) is 4.79 Å². The molecule has 0 saturated carbocycles. The fraction of sp³-hybridized carbons (Fsp3) is 0. The van der Waals surface area contributed by atoms with E-state index in [0.717, 1.165) is 5.01 Å². The van der Waals surface area contributed by atoms with Crippen LogP contribution in [0.1, 0.15) is 10.4 Å². The highest BCUT2D eigenvalue weighted by molar-refractivity contribution is 6.16. The van der Waals surface area contributed by atoms with Gasteiger partial charge in [0.05, 0.1) is 18.1 Å². The van der Waals surface area contributed by atoms with Gasteiger partial charge in [0.15, 0.2) is 0 Å². The van der Waals surface area contributed by atoms with E-state index < -0.39 is 0 Å². The lowest BCUT2D eigenvalue weighted by Gasteiger charge is -2.08. The van der Waals surface area contributed by atoms with Crippen molar-refractivity contribution in [2.24, 2.45) is 10.2 Å². The lowest BCUT2D eigenvalue weighted by Crippen LogP contribution is -2.18. The summed E-state index contributed by atoms with van der Waals surface area (Å²) < 4.78 is 0. The van der Waals surface area contributed by atoms with E-state index in [0.29, 0.717) is 17.7 Å². The van der Waals surface area contributed by atoms with Gasteiger partial charge >= 0.3 is 0 Å². The quantitative estimate of drug-likeness (QED) is 0.485. The van der Waals surface area contributed by atoms with Crippen molar-refractivity contribution in [3.05, 3.63) is 54.6 Å². The molecule has 22 heavy (non-hydrogen) atoms. The molecule has 0 aliphatic heterocycles. The van der Waals surface area contributed by atoms with Crippen LogP contribution in [0.25, 0.3) is 0 Å². The molecule has 0 spiro atoms. The van der Waals surface area contributed by atoms with Gasteiger partial charge in [0.25, 0.3) is 5.91 Å². The second-order valence-corrected chi connectivity index (χ2v) is 3.87. The zero-order chi connectivity index (χ0) is 15.6. The van der Waals surface area contributed by atoms with Crippen LogP contribution < -0.4 is 10.4 Å². The van der Waals surface area contributed by atoms with Gasteiger partial charge in [-0.1, -0.05) is 0 Å². The fourth-order valence-corrected chi connectivity index (χ4v) is 1.45. The summed E-state index contributed by atoms with van der Waals surface area (Å²) in [5, 5.41) is 8.69. The van der Waals surface area contributed by atoms with Crippen LogP contribution in [0.4, 0.5) is 5.69 Å². The molecule has 8 heteroatoms. The number of nitrogens with one attached hydrogen (secondary N) is 1. The Morgan fingerprint density at radius 1 is 1.05 bits per heavy atom. The third kappa shape index (κ3) is 4.30. The van der Waals surface area contributed by atoms with Crippen molar-refractivity contribution in [1.29, 1.82) is 0 Å². The number of hydrazone groups is 2. The van der Waals surface area contributed by atoms with Crippen molar-refractivity contribution in [1.82, 2.24) is 15.4 Å². The molecule has 0 saturated heterocycles. The smallest absolute Gasteiger partial charge is 0.271 e. The second kappa shape index (κ2) is 8.00. The van der Waals surface area contributed by atoms with Crippen LogP contribution in [0.2, 0.25) is 0 Å². The summed E-state index contributed by atoms with van der Waals surface area (Å²) in [6, 6.07) is 6.40. The molecule has 2 amide bonds. The van der Waals surface area contributed by atoms with Crippen LogP contribution >= 0.6 is 0 Å². The van der Waals surface area contributed by atoms with Crippen LogP contribution in [0.15, 0.2) is 59.3 Å². The Bertz CT molecular complexity index is 672. The second-order valence-electron chi connectivity index (χ2n) is 3.87. The highest BCUT2D eigenvalue weighted by Crippen LogP contribution is 2.09. The summed E-state index contributed by atoms with van der Waals surface area (Å²) >= 11 is 0. The van der Waals surface area contributed by atoms with E-state index in [9.17, 15) is 9.59 Å². The summed E-state index contributed by atoms with van der Waals surface area (Å²) in [5.41, 5.74) is 3.33. The van der Waals surface area contributed by atoms with Crippen LogP contribution in [-0.4, -0.2) is 34.7 Å². The third-order valence-electron chi connectivity index (χ3n) is 2.47. The van der Waals surface area contributed by atoms with Crippen molar-refractivity contribution in [2.75, 3.05) is 5.01 Å². The minimum Gasteiger partial charge on any atom is -0.276 e. The standard InChI is InChI=1S/C14H12N6O2/c21-11-20(13-3-7-16-8-4-13)18-10-9-17-19-14(22)12-1-5-15-6-2-12/h1-11H,(H,19,22). The molecule has 0 unspecified atom stereocenters. The Morgan fingerprint density at radius 3 is 2.32 bits per heavy atom. The van der Waals surface area contributed by atoms with E-state index in [1.54, 1.807) is 36.7 Å². The van der Waals surface area contributed by atoms with Crippen molar-refractivity contribution in [3.63, 3.8) is 0 Å². The first kappa shape index (κ1) is 15.0. The van der Waals surface area contributed by atoms with Gasteiger partial charge in [-0.25, -0.2) is 10.4 Å². The number of amides is 2. The number of anilines is 1. The minimum absolute atomic E-state index is 0.367. The maximum Gasteiger partial charge on any atom is 0.271 e. The molecular weight excluding hydrogens is 284 g/mol. The number of aromatic nitrogens is 2. The fourth-order valence-electron chi connectivity index (χ4n) is 1.45. The van der Waals surface area contributed by atoms with E-state index in [1.807, 2.05) is 0 Å². The van der Waals surface area contributed by atoms with E-state index in [1.165, 1.54) is 24.8 Å². The number of nitrogens with zero attached hydrogens (tertiary/aromatic N) is 5. The molecule has 110 valence electrons. The maximum absolute atomic E-state index is 11.6. The lowest BCUT2D eigenvalue weighted by atomic mass is 10.3. The van der Waals surface area contributed by atoms with E-state index in [2.05, 4.69) is 25.6 Å². The number of carbonyl (C=O) groups is 2. The molecule has 0 aliphatic rings. The number of hydrogen-bond donors (Lipinski definition) is 1. The highest BCUT2D eigenvalue weighted by atomic mass is 16.2. The van der Waals surface area contributed by atoms with Gasteiger partial charge in [-0.05, 0) is 24.3 Å². The molecule has 0 radical (unpaired) electrons. The Balaban J connectivity index is 1.89. The first-order chi connectivity index (χ1) is 10.8. The largest absolute Gasteiger partial charge is 0.276 e. The Hall–Kier alpha value is -3.42. The Morgan fingerprint density at radius 2 is 1.68 bits per heavy atom. The normalized spacial score (nSPS) is 10.7. The molecule has 8 nitrogen and oxygen atoms in total. The van der Waals surface area contributed by atoms with Gasteiger partial charge in [-0.2, -0.15) is 10.2 Å². The van der Waals surface area contributed by atoms with Crippen molar-refractivity contribution in [3.8, 4) is 0 Å². The lowest BCUT2D eigenvalue weighted by molar-refractivity contribution is -0.107. The van der Waals surface area contributed by atoms with Crippen LogP contribution in [0.5, 0.6) is 0 Å². The van der Waals surface area contributed by atoms with Crippen LogP contribution in [0.3, 0.4) is 0 Å². The average Bonchev–Trinajstić information content (AvgIpc) is 2.59. The SMILES string of the molecule is O=CN(N=CC=NNC(=O)c1ccncc1)c1ccncc1. The van der Waals surface area contributed by atoms with Gasteiger partial charge in [-0.15, -0.1) is 0 Å². The van der Waals surface area contributed by atoms with E-state index in [4.69, 9.17) is 0 Å². The Kier molecular flexibility index (Phi) is 5.45. The van der Waals surface area contributed by atoms with Gasteiger partial charge in [-0.3, -0.25) is 19.6 Å². The molecule has 0 fully saturated rings.